The number of hydrogen-bond acceptors (Lipinski definition) is 4. The molecule has 5 nitrogen and oxygen atoms in total. The molecule has 0 spiro atoms. The van der Waals surface area contributed by atoms with Crippen LogP contribution in [0.15, 0.2) is 64.5 Å². The first kappa shape index (κ1) is 20.2. The number of hydrogen-bond donors (Lipinski definition) is 0. The van der Waals surface area contributed by atoms with Crippen molar-refractivity contribution in [2.45, 2.75) is 18.7 Å². The van der Waals surface area contributed by atoms with Gasteiger partial charge in [-0.2, -0.15) is 0 Å². The molecule has 0 N–H and O–H groups in total. The standard InChI is InChI=1S/C19H20BrNO4S/c1-4-12-21(26(23,24)17-10-8-16(20)9-11-17)18-13-15(7-6-14(18)3)19(22)25-5-2/h4,6-11,13H,1,5,12H2,2-3H3. The van der Waals surface area contributed by atoms with Crippen LogP contribution in [0.3, 0.4) is 0 Å². The van der Waals surface area contributed by atoms with E-state index in [1.165, 1.54) is 28.6 Å². The summed E-state index contributed by atoms with van der Waals surface area (Å²) in [5.41, 5.74) is 1.44. The van der Waals surface area contributed by atoms with Crippen LogP contribution in [0.1, 0.15) is 22.8 Å². The molecule has 0 aliphatic rings. The predicted molar refractivity (Wildman–Crippen MR) is 106 cm³/mol. The zero-order valence-electron chi connectivity index (χ0n) is 14.6. The summed E-state index contributed by atoms with van der Waals surface area (Å²) in [6.07, 6.45) is 1.51. The van der Waals surface area contributed by atoms with Gasteiger partial charge in [-0.05, 0) is 55.8 Å². The molecule has 0 heterocycles. The minimum atomic E-state index is -3.82. The number of ether oxygens (including phenoxy) is 1. The lowest BCUT2D eigenvalue weighted by Crippen LogP contribution is -2.32. The van der Waals surface area contributed by atoms with E-state index in [2.05, 4.69) is 22.5 Å². The van der Waals surface area contributed by atoms with Crippen LogP contribution in [-0.2, 0) is 14.8 Å². The SMILES string of the molecule is C=CCN(c1cc(C(=O)OCC)ccc1C)S(=O)(=O)c1ccc(Br)cc1. The minimum absolute atomic E-state index is 0.0749. The Balaban J connectivity index is 2.56. The summed E-state index contributed by atoms with van der Waals surface area (Å²) in [6.45, 7) is 7.49. The Morgan fingerprint density at radius 2 is 1.88 bits per heavy atom. The van der Waals surface area contributed by atoms with Crippen molar-refractivity contribution in [1.29, 1.82) is 0 Å². The van der Waals surface area contributed by atoms with Gasteiger partial charge in [-0.1, -0.05) is 28.1 Å². The number of carbonyl (C=O) groups excluding carboxylic acids is 1. The van der Waals surface area contributed by atoms with E-state index < -0.39 is 16.0 Å². The normalized spacial score (nSPS) is 11.0. The van der Waals surface area contributed by atoms with Gasteiger partial charge in [0.05, 0.1) is 29.3 Å². The Bertz CT molecular complexity index is 908. The lowest BCUT2D eigenvalue weighted by molar-refractivity contribution is 0.0526. The number of halogens is 1. The maximum absolute atomic E-state index is 13.1. The minimum Gasteiger partial charge on any atom is -0.462 e. The molecular formula is C19H20BrNO4S. The van der Waals surface area contributed by atoms with Crippen LogP contribution in [0.25, 0.3) is 0 Å². The van der Waals surface area contributed by atoms with E-state index in [4.69, 9.17) is 4.74 Å². The first-order valence-electron chi connectivity index (χ1n) is 7.98. The van der Waals surface area contributed by atoms with Crippen LogP contribution in [0, 0.1) is 6.92 Å². The third kappa shape index (κ3) is 4.34. The maximum Gasteiger partial charge on any atom is 0.338 e. The molecular weight excluding hydrogens is 418 g/mol. The zero-order chi connectivity index (χ0) is 19.3. The van der Waals surface area contributed by atoms with Gasteiger partial charge in [-0.3, -0.25) is 4.31 Å². The monoisotopic (exact) mass is 437 g/mol. The fourth-order valence-corrected chi connectivity index (χ4v) is 4.15. The number of aryl methyl sites for hydroxylation is 1. The highest BCUT2D eigenvalue weighted by Crippen LogP contribution is 2.29. The van der Waals surface area contributed by atoms with Crippen molar-refractivity contribution in [2.75, 3.05) is 17.5 Å². The van der Waals surface area contributed by atoms with Crippen molar-refractivity contribution in [3.05, 3.63) is 70.7 Å². The molecule has 7 heteroatoms. The lowest BCUT2D eigenvalue weighted by Gasteiger charge is -2.25. The van der Waals surface area contributed by atoms with Gasteiger partial charge in [-0.25, -0.2) is 13.2 Å². The van der Waals surface area contributed by atoms with Crippen molar-refractivity contribution in [3.8, 4) is 0 Å². The highest BCUT2D eigenvalue weighted by Gasteiger charge is 2.26. The van der Waals surface area contributed by atoms with E-state index in [1.54, 1.807) is 38.1 Å². The van der Waals surface area contributed by atoms with Crippen molar-refractivity contribution < 1.29 is 17.9 Å². The molecule has 0 atom stereocenters. The molecule has 0 amide bonds. The van der Waals surface area contributed by atoms with Crippen LogP contribution in [0.4, 0.5) is 5.69 Å². The predicted octanol–water partition coefficient (Wildman–Crippen LogP) is 4.32. The molecule has 0 radical (unpaired) electrons. The van der Waals surface area contributed by atoms with Gasteiger partial charge in [-0.15, -0.1) is 6.58 Å². The van der Waals surface area contributed by atoms with Crippen molar-refractivity contribution in [2.24, 2.45) is 0 Å². The van der Waals surface area contributed by atoms with E-state index in [-0.39, 0.29) is 18.0 Å². The average Bonchev–Trinajstić information content (AvgIpc) is 2.61. The number of sulfonamides is 1. The van der Waals surface area contributed by atoms with E-state index in [1.807, 2.05) is 0 Å². The Hall–Kier alpha value is -2.12. The second-order valence-electron chi connectivity index (χ2n) is 5.50. The largest absolute Gasteiger partial charge is 0.462 e. The van der Waals surface area contributed by atoms with Crippen molar-refractivity contribution >= 4 is 37.6 Å². The highest BCUT2D eigenvalue weighted by molar-refractivity contribution is 9.10. The number of anilines is 1. The summed E-state index contributed by atoms with van der Waals surface area (Å²) in [5.74, 6) is -0.492. The van der Waals surface area contributed by atoms with Gasteiger partial charge >= 0.3 is 5.97 Å². The first-order valence-corrected chi connectivity index (χ1v) is 10.2. The number of nitrogens with zero attached hydrogens (tertiary/aromatic N) is 1. The molecule has 26 heavy (non-hydrogen) atoms. The maximum atomic E-state index is 13.1. The van der Waals surface area contributed by atoms with Gasteiger partial charge < -0.3 is 4.74 Å². The number of rotatable bonds is 7. The zero-order valence-corrected chi connectivity index (χ0v) is 17.0. The van der Waals surface area contributed by atoms with E-state index in [0.29, 0.717) is 11.3 Å². The van der Waals surface area contributed by atoms with Crippen molar-refractivity contribution in [3.63, 3.8) is 0 Å². The van der Waals surface area contributed by atoms with Gasteiger partial charge in [0, 0.05) is 4.47 Å². The fourth-order valence-electron chi connectivity index (χ4n) is 2.40. The number of benzene rings is 2. The van der Waals surface area contributed by atoms with Crippen LogP contribution >= 0.6 is 15.9 Å². The Morgan fingerprint density at radius 3 is 2.46 bits per heavy atom. The molecule has 0 unspecified atom stereocenters. The Morgan fingerprint density at radius 1 is 1.23 bits per heavy atom. The van der Waals surface area contributed by atoms with Gasteiger partial charge in [0.2, 0.25) is 0 Å². The third-order valence-electron chi connectivity index (χ3n) is 3.69. The topological polar surface area (TPSA) is 63.7 Å². The second-order valence-corrected chi connectivity index (χ2v) is 8.28. The highest BCUT2D eigenvalue weighted by atomic mass is 79.9. The molecule has 138 valence electrons. The smallest absolute Gasteiger partial charge is 0.338 e. The van der Waals surface area contributed by atoms with Crippen LogP contribution < -0.4 is 4.31 Å². The molecule has 0 bridgehead atoms. The average molecular weight is 438 g/mol. The van der Waals surface area contributed by atoms with Crippen LogP contribution in [-0.4, -0.2) is 27.5 Å². The Kier molecular flexibility index (Phi) is 6.61. The van der Waals surface area contributed by atoms with E-state index in [9.17, 15) is 13.2 Å². The van der Waals surface area contributed by atoms with Crippen LogP contribution in [0.5, 0.6) is 0 Å². The molecule has 0 saturated heterocycles. The molecule has 0 fully saturated rings. The number of esters is 1. The molecule has 0 aromatic heterocycles. The van der Waals surface area contributed by atoms with Gasteiger partial charge in [0.15, 0.2) is 0 Å². The van der Waals surface area contributed by atoms with Crippen LogP contribution in [0.2, 0.25) is 0 Å². The van der Waals surface area contributed by atoms with Gasteiger partial charge in [0.1, 0.15) is 0 Å². The summed E-state index contributed by atoms with van der Waals surface area (Å²) < 4.78 is 33.3. The van der Waals surface area contributed by atoms with E-state index in [0.717, 1.165) is 10.0 Å². The summed E-state index contributed by atoms with van der Waals surface area (Å²) in [5, 5.41) is 0. The second kappa shape index (κ2) is 8.51. The molecule has 0 aliphatic heterocycles. The number of carbonyl (C=O) groups is 1. The van der Waals surface area contributed by atoms with Gasteiger partial charge in [0.25, 0.3) is 10.0 Å². The van der Waals surface area contributed by atoms with E-state index >= 15 is 0 Å². The first-order chi connectivity index (χ1) is 12.3. The quantitative estimate of drug-likeness (QED) is 0.477. The van der Waals surface area contributed by atoms with Crippen molar-refractivity contribution in [1.82, 2.24) is 0 Å². The summed E-state index contributed by atoms with van der Waals surface area (Å²) >= 11 is 3.30. The third-order valence-corrected chi connectivity index (χ3v) is 6.01. The molecule has 0 aliphatic carbocycles. The lowest BCUT2D eigenvalue weighted by atomic mass is 10.1. The summed E-state index contributed by atoms with van der Waals surface area (Å²) in [4.78, 5) is 12.2. The molecule has 2 aromatic carbocycles. The molecule has 2 rings (SSSR count). The molecule has 2 aromatic rings. The fraction of sp³-hybridized carbons (Fsp3) is 0.211. The molecule has 0 saturated carbocycles. The summed E-state index contributed by atoms with van der Waals surface area (Å²) in [6, 6.07) is 11.2. The Labute approximate surface area is 162 Å². The summed E-state index contributed by atoms with van der Waals surface area (Å²) in [7, 11) is -3.82.